The zero-order valence-corrected chi connectivity index (χ0v) is 22.8. The smallest absolute Gasteiger partial charge is 0.249 e. The molecule has 0 aromatic rings. The molecule has 0 aliphatic carbocycles. The zero-order chi connectivity index (χ0) is 26.2. The highest BCUT2D eigenvalue weighted by atomic mass is 16.3. The van der Waals surface area contributed by atoms with Crippen molar-refractivity contribution in [2.45, 2.75) is 160 Å². The van der Waals surface area contributed by atoms with Crippen LogP contribution in [0.1, 0.15) is 136 Å². The van der Waals surface area contributed by atoms with Gasteiger partial charge in [-0.15, -0.1) is 0 Å². The van der Waals surface area contributed by atoms with Crippen LogP contribution in [-0.4, -0.2) is 57.3 Å². The summed E-state index contributed by atoms with van der Waals surface area (Å²) in [5.41, 5.74) is 0. The van der Waals surface area contributed by atoms with Gasteiger partial charge in [0.1, 0.15) is 12.2 Å². The number of hydrogen-bond acceptors (Lipinski definition) is 5. The maximum atomic E-state index is 12.3. The summed E-state index contributed by atoms with van der Waals surface area (Å²) in [4.78, 5) is 12.3. The van der Waals surface area contributed by atoms with Gasteiger partial charge in [0, 0.05) is 0 Å². The number of unbranched alkanes of at least 4 members (excludes halogenated alkanes) is 14. The molecule has 0 heterocycles. The normalized spacial score (nSPS) is 15.3. The van der Waals surface area contributed by atoms with E-state index in [2.05, 4.69) is 31.3 Å². The molecule has 0 aliphatic rings. The number of carbonyl (C=O) groups excluding carboxylic acids is 1. The first kappa shape index (κ1) is 34.0. The Bertz CT molecular complexity index is 499. The lowest BCUT2D eigenvalue weighted by Crippen LogP contribution is -2.53. The van der Waals surface area contributed by atoms with Crippen molar-refractivity contribution < 1.29 is 25.2 Å². The molecule has 4 unspecified atom stereocenters. The predicted octanol–water partition coefficient (Wildman–Crippen LogP) is 5.55. The van der Waals surface area contributed by atoms with Crippen LogP contribution in [0.3, 0.4) is 0 Å². The number of hydrogen-bond donors (Lipinski definition) is 5. The summed E-state index contributed by atoms with van der Waals surface area (Å²) in [6.45, 7) is 3.93. The van der Waals surface area contributed by atoms with Crippen LogP contribution in [0.4, 0.5) is 0 Å². The minimum absolute atomic E-state index is 0.364. The van der Waals surface area contributed by atoms with Crippen molar-refractivity contribution in [2.75, 3.05) is 6.61 Å². The largest absolute Gasteiger partial charge is 0.394 e. The molecule has 35 heavy (non-hydrogen) atoms. The van der Waals surface area contributed by atoms with Gasteiger partial charge in [0.25, 0.3) is 0 Å². The number of nitrogens with one attached hydrogen (secondary N) is 1. The standard InChI is InChI=1S/C29H57NO5/c1-3-5-7-9-11-13-15-16-18-20-22-26(32)28(34)25(24-31)30-29(35)27(33)23-21-19-17-14-12-10-8-6-4-2/h15-16,25-28,31-34H,3-14,17-24H2,1-2H3,(H,30,35)/b16-15+. The molecule has 5 N–H and O–H groups in total. The highest BCUT2D eigenvalue weighted by Gasteiger charge is 2.28. The van der Waals surface area contributed by atoms with Crippen LogP contribution in [0.5, 0.6) is 0 Å². The molecule has 0 bridgehead atoms. The van der Waals surface area contributed by atoms with E-state index in [0.29, 0.717) is 12.8 Å². The van der Waals surface area contributed by atoms with E-state index in [4.69, 9.17) is 0 Å². The maximum Gasteiger partial charge on any atom is 0.249 e. The van der Waals surface area contributed by atoms with Crippen LogP contribution in [0.2, 0.25) is 0 Å². The van der Waals surface area contributed by atoms with Gasteiger partial charge in [-0.3, -0.25) is 4.79 Å². The van der Waals surface area contributed by atoms with E-state index in [1.807, 2.05) is 0 Å². The molecule has 6 heteroatoms. The molecule has 0 aromatic carbocycles. The number of aliphatic hydroxyl groups is 4. The molecule has 0 rings (SSSR count). The molecular weight excluding hydrogens is 442 g/mol. The molecule has 1 amide bonds. The molecule has 0 saturated heterocycles. The summed E-state index contributed by atoms with van der Waals surface area (Å²) in [5.74, 6) is -0.600. The summed E-state index contributed by atoms with van der Waals surface area (Å²) in [7, 11) is 0. The van der Waals surface area contributed by atoms with Crippen molar-refractivity contribution >= 4 is 5.91 Å². The van der Waals surface area contributed by atoms with Gasteiger partial charge in [-0.1, -0.05) is 109 Å². The van der Waals surface area contributed by atoms with Crippen molar-refractivity contribution in [1.29, 1.82) is 0 Å². The topological polar surface area (TPSA) is 110 Å². The Morgan fingerprint density at radius 2 is 1.17 bits per heavy atom. The Labute approximate surface area is 215 Å². The van der Waals surface area contributed by atoms with Gasteiger partial charge in [0.05, 0.1) is 18.8 Å². The summed E-state index contributed by atoms with van der Waals surface area (Å²) >= 11 is 0. The van der Waals surface area contributed by atoms with Crippen LogP contribution in [-0.2, 0) is 4.79 Å². The third kappa shape index (κ3) is 19.9. The lowest BCUT2D eigenvalue weighted by molar-refractivity contribution is -0.132. The van der Waals surface area contributed by atoms with Gasteiger partial charge >= 0.3 is 0 Å². The fourth-order valence-corrected chi connectivity index (χ4v) is 4.28. The first-order valence-corrected chi connectivity index (χ1v) is 14.6. The second-order valence-electron chi connectivity index (χ2n) is 10.1. The van der Waals surface area contributed by atoms with Gasteiger partial charge in [-0.2, -0.15) is 0 Å². The molecule has 0 fully saturated rings. The van der Waals surface area contributed by atoms with E-state index < -0.39 is 36.9 Å². The number of rotatable bonds is 25. The minimum Gasteiger partial charge on any atom is -0.394 e. The van der Waals surface area contributed by atoms with E-state index in [1.165, 1.54) is 70.6 Å². The maximum absolute atomic E-state index is 12.3. The SMILES string of the molecule is CCCCCCC/C=C/CCCC(O)C(O)C(CO)NC(=O)C(O)CCCCCCCCCCC. The van der Waals surface area contributed by atoms with Crippen molar-refractivity contribution in [3.05, 3.63) is 12.2 Å². The van der Waals surface area contributed by atoms with Crippen LogP contribution in [0.15, 0.2) is 12.2 Å². The van der Waals surface area contributed by atoms with Crippen molar-refractivity contribution in [2.24, 2.45) is 0 Å². The summed E-state index contributed by atoms with van der Waals surface area (Å²) in [6, 6.07) is -0.992. The van der Waals surface area contributed by atoms with Crippen LogP contribution in [0, 0.1) is 0 Å². The fourth-order valence-electron chi connectivity index (χ4n) is 4.28. The van der Waals surface area contributed by atoms with E-state index in [1.54, 1.807) is 0 Å². The van der Waals surface area contributed by atoms with Crippen molar-refractivity contribution in [1.82, 2.24) is 5.32 Å². The van der Waals surface area contributed by atoms with E-state index in [9.17, 15) is 25.2 Å². The lowest BCUT2D eigenvalue weighted by Gasteiger charge is -2.27. The van der Waals surface area contributed by atoms with Gasteiger partial charge < -0.3 is 25.7 Å². The first-order valence-electron chi connectivity index (χ1n) is 14.6. The van der Waals surface area contributed by atoms with Crippen molar-refractivity contribution in [3.63, 3.8) is 0 Å². The highest BCUT2D eigenvalue weighted by Crippen LogP contribution is 2.13. The molecule has 0 radical (unpaired) electrons. The van der Waals surface area contributed by atoms with E-state index >= 15 is 0 Å². The average Bonchev–Trinajstić information content (AvgIpc) is 2.86. The van der Waals surface area contributed by atoms with Gasteiger partial charge in [-0.25, -0.2) is 0 Å². The first-order chi connectivity index (χ1) is 17.0. The van der Waals surface area contributed by atoms with Crippen LogP contribution in [0.25, 0.3) is 0 Å². The molecule has 6 nitrogen and oxygen atoms in total. The second kappa shape index (κ2) is 24.7. The summed E-state index contributed by atoms with van der Waals surface area (Å²) < 4.78 is 0. The molecule has 0 saturated carbocycles. The predicted molar refractivity (Wildman–Crippen MR) is 145 cm³/mol. The lowest BCUT2D eigenvalue weighted by atomic mass is 10.00. The van der Waals surface area contributed by atoms with Crippen molar-refractivity contribution in [3.8, 4) is 0 Å². The van der Waals surface area contributed by atoms with Crippen LogP contribution < -0.4 is 5.32 Å². The second-order valence-corrected chi connectivity index (χ2v) is 10.1. The number of carbonyl (C=O) groups is 1. The summed E-state index contributed by atoms with van der Waals surface area (Å²) in [5, 5.41) is 42.9. The Morgan fingerprint density at radius 1 is 0.686 bits per heavy atom. The fraction of sp³-hybridized carbons (Fsp3) is 0.897. The van der Waals surface area contributed by atoms with E-state index in [0.717, 1.165) is 38.5 Å². The third-order valence-corrected chi connectivity index (χ3v) is 6.73. The quantitative estimate of drug-likeness (QED) is 0.0835. The van der Waals surface area contributed by atoms with E-state index in [-0.39, 0.29) is 0 Å². The average molecular weight is 500 g/mol. The van der Waals surface area contributed by atoms with Crippen LogP contribution >= 0.6 is 0 Å². The Balaban J connectivity index is 4.00. The number of amides is 1. The van der Waals surface area contributed by atoms with Gasteiger partial charge in [0.15, 0.2) is 0 Å². The molecule has 0 aliphatic heterocycles. The molecule has 4 atom stereocenters. The summed E-state index contributed by atoms with van der Waals surface area (Å²) in [6.07, 6.45) is 21.0. The Hall–Kier alpha value is -0.950. The molecule has 0 spiro atoms. The number of allylic oxidation sites excluding steroid dienone is 2. The minimum atomic E-state index is -1.27. The van der Waals surface area contributed by atoms with Gasteiger partial charge in [0.2, 0.25) is 5.91 Å². The molecule has 208 valence electrons. The Kier molecular flexibility index (Phi) is 24.1. The zero-order valence-electron chi connectivity index (χ0n) is 22.8. The highest BCUT2D eigenvalue weighted by molar-refractivity contribution is 5.80. The number of aliphatic hydroxyl groups excluding tert-OH is 4. The Morgan fingerprint density at radius 3 is 1.71 bits per heavy atom. The molecule has 0 aromatic heterocycles. The monoisotopic (exact) mass is 499 g/mol. The third-order valence-electron chi connectivity index (χ3n) is 6.73. The molecular formula is C29H57NO5. The van der Waals surface area contributed by atoms with Gasteiger partial charge in [-0.05, 0) is 38.5 Å².